The SMILES string of the molecule is COc1ccc(N2C(=O)C(=O)/C(=C(/O)c3ccccc3)C2c2ccccc2F)cc1. The Morgan fingerprint density at radius 2 is 1.57 bits per heavy atom. The van der Waals surface area contributed by atoms with Crippen molar-refractivity contribution in [3.8, 4) is 5.75 Å². The lowest BCUT2D eigenvalue weighted by Gasteiger charge is -2.25. The molecule has 0 aromatic heterocycles. The van der Waals surface area contributed by atoms with Crippen molar-refractivity contribution in [3.05, 3.63) is 101 Å². The van der Waals surface area contributed by atoms with Gasteiger partial charge in [-0.2, -0.15) is 0 Å². The molecule has 6 heteroatoms. The maximum absolute atomic E-state index is 14.8. The van der Waals surface area contributed by atoms with Crippen molar-refractivity contribution in [2.24, 2.45) is 0 Å². The zero-order chi connectivity index (χ0) is 21.3. The average molecular weight is 403 g/mol. The van der Waals surface area contributed by atoms with Crippen LogP contribution in [-0.2, 0) is 9.59 Å². The van der Waals surface area contributed by atoms with E-state index in [0.29, 0.717) is 17.0 Å². The van der Waals surface area contributed by atoms with Crippen molar-refractivity contribution >= 4 is 23.1 Å². The summed E-state index contributed by atoms with van der Waals surface area (Å²) < 4.78 is 19.9. The molecule has 0 aliphatic carbocycles. The number of hydrogen-bond acceptors (Lipinski definition) is 4. The second kappa shape index (κ2) is 7.83. The van der Waals surface area contributed by atoms with Gasteiger partial charge in [0.2, 0.25) is 0 Å². The first kappa shape index (κ1) is 19.4. The number of hydrogen-bond donors (Lipinski definition) is 1. The predicted octanol–water partition coefficient (Wildman–Crippen LogP) is 4.46. The Labute approximate surface area is 172 Å². The van der Waals surface area contributed by atoms with E-state index in [4.69, 9.17) is 4.74 Å². The molecule has 1 heterocycles. The number of carbonyl (C=O) groups is 2. The Kier molecular flexibility index (Phi) is 5.06. The van der Waals surface area contributed by atoms with E-state index in [2.05, 4.69) is 0 Å². The van der Waals surface area contributed by atoms with Crippen LogP contribution >= 0.6 is 0 Å². The Hall–Kier alpha value is -3.93. The number of nitrogens with zero attached hydrogens (tertiary/aromatic N) is 1. The second-order valence-corrected chi connectivity index (χ2v) is 6.75. The highest BCUT2D eigenvalue weighted by atomic mass is 19.1. The Balaban J connectivity index is 1.95. The van der Waals surface area contributed by atoms with E-state index >= 15 is 0 Å². The zero-order valence-electron chi connectivity index (χ0n) is 16.1. The number of carbonyl (C=O) groups excluding carboxylic acids is 2. The van der Waals surface area contributed by atoms with Gasteiger partial charge in [-0.15, -0.1) is 0 Å². The van der Waals surface area contributed by atoms with Gasteiger partial charge in [0.05, 0.1) is 18.7 Å². The standard InChI is InChI=1S/C24H18FNO4/c1-30-17-13-11-16(12-14-17)26-21(18-9-5-6-10-19(18)25)20(23(28)24(26)29)22(27)15-7-3-2-4-8-15/h2-14,21,27H,1H3/b22-20+. The van der Waals surface area contributed by atoms with Gasteiger partial charge < -0.3 is 9.84 Å². The van der Waals surface area contributed by atoms with Crippen LogP contribution in [0.4, 0.5) is 10.1 Å². The third kappa shape index (κ3) is 3.22. The molecule has 1 fully saturated rings. The van der Waals surface area contributed by atoms with Gasteiger partial charge in [0.1, 0.15) is 17.3 Å². The fourth-order valence-corrected chi connectivity index (χ4v) is 3.58. The summed E-state index contributed by atoms with van der Waals surface area (Å²) in [6.45, 7) is 0. The fraction of sp³-hybridized carbons (Fsp3) is 0.0833. The molecule has 3 aromatic rings. The molecule has 4 rings (SSSR count). The van der Waals surface area contributed by atoms with Crippen molar-refractivity contribution in [1.82, 2.24) is 0 Å². The van der Waals surface area contributed by atoms with Gasteiger partial charge in [-0.25, -0.2) is 4.39 Å². The van der Waals surface area contributed by atoms with E-state index in [1.165, 1.54) is 30.2 Å². The minimum absolute atomic E-state index is 0.116. The maximum atomic E-state index is 14.8. The van der Waals surface area contributed by atoms with Crippen LogP contribution in [0.5, 0.6) is 5.75 Å². The van der Waals surface area contributed by atoms with Crippen molar-refractivity contribution in [3.63, 3.8) is 0 Å². The molecule has 1 saturated heterocycles. The lowest BCUT2D eigenvalue weighted by Crippen LogP contribution is -2.29. The first-order valence-corrected chi connectivity index (χ1v) is 9.28. The summed E-state index contributed by atoms with van der Waals surface area (Å²) in [5.74, 6) is -2.08. The number of methoxy groups -OCH3 is 1. The predicted molar refractivity (Wildman–Crippen MR) is 111 cm³/mol. The molecular weight excluding hydrogens is 385 g/mol. The quantitative estimate of drug-likeness (QED) is 0.397. The number of rotatable bonds is 4. The summed E-state index contributed by atoms with van der Waals surface area (Å²) in [5, 5.41) is 10.9. The molecular formula is C24H18FNO4. The van der Waals surface area contributed by atoms with E-state index in [-0.39, 0.29) is 16.9 Å². The van der Waals surface area contributed by atoms with Gasteiger partial charge >= 0.3 is 0 Å². The Morgan fingerprint density at radius 1 is 0.933 bits per heavy atom. The minimum atomic E-state index is -1.11. The molecule has 1 atom stereocenters. The van der Waals surface area contributed by atoms with Gasteiger partial charge in [0.15, 0.2) is 0 Å². The molecule has 3 aromatic carbocycles. The molecule has 1 amide bonds. The van der Waals surface area contributed by atoms with E-state index < -0.39 is 23.5 Å². The van der Waals surface area contributed by atoms with E-state index in [1.54, 1.807) is 60.7 Å². The highest BCUT2D eigenvalue weighted by Gasteiger charge is 2.47. The Morgan fingerprint density at radius 3 is 2.20 bits per heavy atom. The summed E-state index contributed by atoms with van der Waals surface area (Å²) in [6, 6.07) is 19.7. The monoisotopic (exact) mass is 403 g/mol. The maximum Gasteiger partial charge on any atom is 0.300 e. The minimum Gasteiger partial charge on any atom is -0.507 e. The summed E-state index contributed by atoms with van der Waals surface area (Å²) in [7, 11) is 1.51. The normalized spacial score (nSPS) is 17.9. The van der Waals surface area contributed by atoms with Gasteiger partial charge in [0.25, 0.3) is 11.7 Å². The lowest BCUT2D eigenvalue weighted by molar-refractivity contribution is -0.132. The number of ketones is 1. The average Bonchev–Trinajstić information content (AvgIpc) is 3.04. The number of aliphatic hydroxyl groups is 1. The molecule has 0 bridgehead atoms. The third-order valence-electron chi connectivity index (χ3n) is 5.04. The summed E-state index contributed by atoms with van der Waals surface area (Å²) in [6.07, 6.45) is 0. The van der Waals surface area contributed by atoms with Gasteiger partial charge in [-0.3, -0.25) is 14.5 Å². The molecule has 1 N–H and O–H groups in total. The smallest absolute Gasteiger partial charge is 0.300 e. The van der Waals surface area contributed by atoms with Crippen LogP contribution in [0.25, 0.3) is 5.76 Å². The zero-order valence-corrected chi connectivity index (χ0v) is 16.1. The number of amides is 1. The first-order valence-electron chi connectivity index (χ1n) is 9.28. The van der Waals surface area contributed by atoms with Crippen LogP contribution in [0.1, 0.15) is 17.2 Å². The highest BCUT2D eigenvalue weighted by molar-refractivity contribution is 6.51. The Bertz CT molecular complexity index is 1140. The van der Waals surface area contributed by atoms with Crippen molar-refractivity contribution in [2.45, 2.75) is 6.04 Å². The van der Waals surface area contributed by atoms with Gasteiger partial charge in [0, 0.05) is 16.8 Å². The van der Waals surface area contributed by atoms with E-state index in [9.17, 15) is 19.1 Å². The third-order valence-corrected chi connectivity index (χ3v) is 5.04. The molecule has 1 aliphatic heterocycles. The molecule has 0 radical (unpaired) electrons. The highest BCUT2D eigenvalue weighted by Crippen LogP contribution is 2.43. The molecule has 150 valence electrons. The van der Waals surface area contributed by atoms with E-state index in [0.717, 1.165) is 0 Å². The number of aliphatic hydroxyl groups excluding tert-OH is 1. The summed E-state index contributed by atoms with van der Waals surface area (Å²) in [4.78, 5) is 27.1. The first-order chi connectivity index (χ1) is 14.5. The van der Waals surface area contributed by atoms with Crippen LogP contribution in [0.3, 0.4) is 0 Å². The number of Topliss-reactive ketones (excluding diaryl/α,β-unsaturated/α-hetero) is 1. The molecule has 0 spiro atoms. The van der Waals surface area contributed by atoms with E-state index in [1.807, 2.05) is 0 Å². The number of benzene rings is 3. The second-order valence-electron chi connectivity index (χ2n) is 6.75. The molecule has 1 aliphatic rings. The van der Waals surface area contributed by atoms with Gasteiger partial charge in [-0.05, 0) is 30.3 Å². The number of anilines is 1. The fourth-order valence-electron chi connectivity index (χ4n) is 3.58. The lowest BCUT2D eigenvalue weighted by atomic mass is 9.94. The van der Waals surface area contributed by atoms with Crippen LogP contribution < -0.4 is 9.64 Å². The van der Waals surface area contributed by atoms with Crippen LogP contribution in [0.2, 0.25) is 0 Å². The molecule has 5 nitrogen and oxygen atoms in total. The summed E-state index contributed by atoms with van der Waals surface area (Å²) >= 11 is 0. The van der Waals surface area contributed by atoms with Crippen molar-refractivity contribution < 1.29 is 23.8 Å². The number of ether oxygens (including phenoxy) is 1. The molecule has 0 saturated carbocycles. The van der Waals surface area contributed by atoms with Crippen LogP contribution in [0, 0.1) is 5.82 Å². The molecule has 1 unspecified atom stereocenters. The molecule has 30 heavy (non-hydrogen) atoms. The summed E-state index contributed by atoms with van der Waals surface area (Å²) in [5.41, 5.74) is 0.710. The van der Waals surface area contributed by atoms with Gasteiger partial charge in [-0.1, -0.05) is 48.5 Å². The van der Waals surface area contributed by atoms with Crippen LogP contribution in [0.15, 0.2) is 84.4 Å². The van der Waals surface area contributed by atoms with Crippen LogP contribution in [-0.4, -0.2) is 23.9 Å². The largest absolute Gasteiger partial charge is 0.507 e. The topological polar surface area (TPSA) is 66.8 Å². The number of halogens is 1. The van der Waals surface area contributed by atoms with Crippen molar-refractivity contribution in [2.75, 3.05) is 12.0 Å². The van der Waals surface area contributed by atoms with Crippen molar-refractivity contribution in [1.29, 1.82) is 0 Å².